The fraction of sp³-hybridized carbons (Fsp3) is 0.375. The fourth-order valence-corrected chi connectivity index (χ4v) is 2.91. The number of rotatable bonds is 3. The summed E-state index contributed by atoms with van der Waals surface area (Å²) in [6.45, 7) is 0. The van der Waals surface area contributed by atoms with Crippen LogP contribution in [0.3, 0.4) is 0 Å². The quantitative estimate of drug-likeness (QED) is 0.364. The largest absolute Gasteiger partial charge is 0.456 e. The van der Waals surface area contributed by atoms with Gasteiger partial charge in [0, 0.05) is 30.5 Å². The molecule has 1 aromatic carbocycles. The Bertz CT molecular complexity index is 536. The molecule has 104 valence electrons. The molecule has 0 N–H and O–H groups in total. The van der Waals surface area contributed by atoms with Crippen molar-refractivity contribution in [3.05, 3.63) is 48.0 Å². The molecule has 0 spiro atoms. The number of hydrogen-bond donors (Lipinski definition) is 0. The summed E-state index contributed by atoms with van der Waals surface area (Å²) in [5.74, 6) is -1.31. The van der Waals surface area contributed by atoms with Crippen molar-refractivity contribution in [1.82, 2.24) is 4.90 Å². The molecule has 0 aliphatic carbocycles. The van der Waals surface area contributed by atoms with Gasteiger partial charge in [-0.1, -0.05) is 42.5 Å². The predicted octanol–water partition coefficient (Wildman–Crippen LogP) is 1.81. The van der Waals surface area contributed by atoms with Crippen LogP contribution < -0.4 is 0 Å². The van der Waals surface area contributed by atoms with Crippen LogP contribution in [0.1, 0.15) is 23.2 Å². The number of esters is 1. The van der Waals surface area contributed by atoms with E-state index < -0.39 is 11.8 Å². The van der Waals surface area contributed by atoms with Crippen molar-refractivity contribution >= 4 is 11.8 Å². The molecular weight excluding hydrogens is 254 g/mol. The van der Waals surface area contributed by atoms with Crippen molar-refractivity contribution in [2.75, 3.05) is 7.05 Å². The number of carbonyl (C=O) groups excluding carboxylic acids is 2. The monoisotopic (exact) mass is 271 g/mol. The molecule has 1 fully saturated rings. The lowest BCUT2D eigenvalue weighted by Gasteiger charge is -2.35. The van der Waals surface area contributed by atoms with E-state index in [1.165, 1.54) is 0 Å². The van der Waals surface area contributed by atoms with Gasteiger partial charge in [0.1, 0.15) is 6.10 Å². The molecule has 2 aliphatic heterocycles. The Morgan fingerprint density at radius 2 is 1.70 bits per heavy atom. The van der Waals surface area contributed by atoms with Gasteiger partial charge < -0.3 is 4.74 Å². The standard InChI is InChI=1S/C16H17NO3/c1-17-12-7-8-13(17)10-14(9-12)20-16(19)15(18)11-5-3-2-4-6-11/h2-8,12-14H,9-10H2,1H3/t12-,13+,14?. The molecule has 4 nitrogen and oxygen atoms in total. The second-order valence-corrected chi connectivity index (χ2v) is 5.38. The van der Waals surface area contributed by atoms with E-state index in [-0.39, 0.29) is 6.10 Å². The molecule has 4 heteroatoms. The first-order valence-corrected chi connectivity index (χ1v) is 6.86. The zero-order chi connectivity index (χ0) is 14.1. The molecule has 1 aromatic rings. The van der Waals surface area contributed by atoms with Gasteiger partial charge in [-0.25, -0.2) is 4.79 Å². The number of likely N-dealkylation sites (N-methyl/N-ethyl adjacent to an activating group) is 1. The second kappa shape index (κ2) is 5.21. The van der Waals surface area contributed by atoms with Crippen molar-refractivity contribution < 1.29 is 14.3 Å². The fourth-order valence-electron chi connectivity index (χ4n) is 2.91. The predicted molar refractivity (Wildman–Crippen MR) is 74.4 cm³/mol. The van der Waals surface area contributed by atoms with E-state index >= 15 is 0 Å². The average Bonchev–Trinajstić information content (AvgIpc) is 2.69. The van der Waals surface area contributed by atoms with Crippen LogP contribution in [0.15, 0.2) is 42.5 Å². The van der Waals surface area contributed by atoms with Crippen LogP contribution in [0.2, 0.25) is 0 Å². The molecule has 0 radical (unpaired) electrons. The Hall–Kier alpha value is -1.94. The minimum absolute atomic E-state index is 0.170. The van der Waals surface area contributed by atoms with Crippen LogP contribution in [0.5, 0.6) is 0 Å². The normalized spacial score (nSPS) is 28.4. The van der Waals surface area contributed by atoms with Gasteiger partial charge in [-0.05, 0) is 7.05 Å². The minimum Gasteiger partial charge on any atom is -0.456 e. The van der Waals surface area contributed by atoms with Gasteiger partial charge in [0.15, 0.2) is 0 Å². The highest BCUT2D eigenvalue weighted by atomic mass is 16.5. The van der Waals surface area contributed by atoms with Crippen molar-refractivity contribution in [3.63, 3.8) is 0 Å². The molecule has 1 saturated heterocycles. The van der Waals surface area contributed by atoms with E-state index in [9.17, 15) is 9.59 Å². The van der Waals surface area contributed by atoms with Crippen LogP contribution >= 0.6 is 0 Å². The Balaban J connectivity index is 1.62. The number of nitrogens with zero attached hydrogens (tertiary/aromatic N) is 1. The molecule has 0 aromatic heterocycles. The summed E-state index contributed by atoms with van der Waals surface area (Å²) in [6, 6.07) is 9.17. The van der Waals surface area contributed by atoms with Crippen LogP contribution in [0.25, 0.3) is 0 Å². The number of hydrogen-bond acceptors (Lipinski definition) is 4. The highest BCUT2D eigenvalue weighted by Gasteiger charge is 2.37. The second-order valence-electron chi connectivity index (χ2n) is 5.38. The van der Waals surface area contributed by atoms with Crippen molar-refractivity contribution in [2.45, 2.75) is 31.0 Å². The molecule has 2 aliphatic rings. The zero-order valence-electron chi connectivity index (χ0n) is 11.4. The summed E-state index contributed by atoms with van der Waals surface area (Å²) in [7, 11) is 2.07. The number of fused-ring (bicyclic) bond motifs is 2. The first-order valence-electron chi connectivity index (χ1n) is 6.86. The minimum atomic E-state index is -0.745. The van der Waals surface area contributed by atoms with Gasteiger partial charge >= 0.3 is 5.97 Å². The van der Waals surface area contributed by atoms with Crippen molar-refractivity contribution in [1.29, 1.82) is 0 Å². The van der Waals surface area contributed by atoms with E-state index in [0.717, 1.165) is 12.8 Å². The van der Waals surface area contributed by atoms with Crippen LogP contribution in [-0.4, -0.2) is 41.9 Å². The van der Waals surface area contributed by atoms with Crippen molar-refractivity contribution in [2.24, 2.45) is 0 Å². The van der Waals surface area contributed by atoms with Gasteiger partial charge in [0.2, 0.25) is 0 Å². The number of carbonyl (C=O) groups is 2. The molecule has 2 bridgehead atoms. The molecule has 2 heterocycles. The highest BCUT2D eigenvalue weighted by Crippen LogP contribution is 2.30. The van der Waals surface area contributed by atoms with Gasteiger partial charge in [0.25, 0.3) is 5.78 Å². The van der Waals surface area contributed by atoms with Gasteiger partial charge in [-0.15, -0.1) is 0 Å². The van der Waals surface area contributed by atoms with E-state index in [2.05, 4.69) is 24.1 Å². The third-order valence-corrected chi connectivity index (χ3v) is 4.11. The molecule has 3 atom stereocenters. The van der Waals surface area contributed by atoms with E-state index in [1.807, 2.05) is 6.07 Å². The van der Waals surface area contributed by atoms with Crippen molar-refractivity contribution in [3.8, 4) is 0 Å². The first-order chi connectivity index (χ1) is 9.65. The summed E-state index contributed by atoms with van der Waals surface area (Å²) >= 11 is 0. The Labute approximate surface area is 118 Å². The summed E-state index contributed by atoms with van der Waals surface area (Å²) in [5.41, 5.74) is 0.381. The summed E-state index contributed by atoms with van der Waals surface area (Å²) in [5, 5.41) is 0. The lowest BCUT2D eigenvalue weighted by molar-refractivity contribution is -0.146. The zero-order valence-corrected chi connectivity index (χ0v) is 11.4. The maximum absolute atomic E-state index is 12.0. The summed E-state index contributed by atoms with van der Waals surface area (Å²) in [6.07, 6.45) is 5.65. The number of Topliss-reactive ketones (excluding diaryl/α,β-unsaturated/α-hetero) is 1. The first kappa shape index (κ1) is 13.1. The SMILES string of the molecule is CN1[C@@H]2C=C[C@H]1CC(OC(=O)C(=O)c1ccccc1)C2. The number of piperidine rings is 1. The molecular formula is C16H17NO3. The average molecular weight is 271 g/mol. The molecule has 0 saturated carbocycles. The maximum Gasteiger partial charge on any atom is 0.379 e. The van der Waals surface area contributed by atoms with E-state index in [1.54, 1.807) is 24.3 Å². The maximum atomic E-state index is 12.0. The molecule has 20 heavy (non-hydrogen) atoms. The van der Waals surface area contributed by atoms with Crippen LogP contribution in [0, 0.1) is 0 Å². The van der Waals surface area contributed by atoms with Gasteiger partial charge in [0.05, 0.1) is 0 Å². The summed E-state index contributed by atoms with van der Waals surface area (Å²) < 4.78 is 5.38. The lowest BCUT2D eigenvalue weighted by Crippen LogP contribution is -2.44. The molecule has 1 unspecified atom stereocenters. The van der Waals surface area contributed by atoms with Crippen LogP contribution in [-0.2, 0) is 9.53 Å². The summed E-state index contributed by atoms with van der Waals surface area (Å²) in [4.78, 5) is 26.1. The van der Waals surface area contributed by atoms with Gasteiger partial charge in [-0.2, -0.15) is 0 Å². The van der Waals surface area contributed by atoms with E-state index in [0.29, 0.717) is 17.6 Å². The Kier molecular flexibility index (Phi) is 3.40. The Morgan fingerprint density at radius 3 is 2.30 bits per heavy atom. The third kappa shape index (κ3) is 2.39. The highest BCUT2D eigenvalue weighted by molar-refractivity contribution is 6.40. The molecule has 0 amide bonds. The van der Waals surface area contributed by atoms with E-state index in [4.69, 9.17) is 4.74 Å². The Morgan fingerprint density at radius 1 is 1.10 bits per heavy atom. The van der Waals surface area contributed by atoms with Gasteiger partial charge in [-0.3, -0.25) is 9.69 Å². The number of ketones is 1. The smallest absolute Gasteiger partial charge is 0.379 e. The molecule has 3 rings (SSSR count). The van der Waals surface area contributed by atoms with Crippen LogP contribution in [0.4, 0.5) is 0 Å². The third-order valence-electron chi connectivity index (χ3n) is 4.11. The number of ether oxygens (including phenoxy) is 1. The lowest BCUT2D eigenvalue weighted by atomic mass is 9.99. The number of benzene rings is 1. The topological polar surface area (TPSA) is 46.6 Å².